The minimum Gasteiger partial charge on any atom is -0.508 e. The molecule has 3 nitrogen and oxygen atoms in total. The molecule has 0 aliphatic carbocycles. The zero-order chi connectivity index (χ0) is 15.3. The zero-order valence-electron chi connectivity index (χ0n) is 12.0. The Morgan fingerprint density at radius 1 is 0.364 bits per heavy atom. The van der Waals surface area contributed by atoms with Gasteiger partial charge in [0.05, 0.1) is 0 Å². The van der Waals surface area contributed by atoms with Crippen LogP contribution >= 0.6 is 13.5 Å². The first-order valence-electron chi connectivity index (χ1n) is 6.40. The van der Waals surface area contributed by atoms with Gasteiger partial charge in [-0.25, -0.2) is 0 Å². The van der Waals surface area contributed by atoms with Crippen molar-refractivity contribution < 1.29 is 15.3 Å². The number of phenolic OH excluding ortho intramolecular Hbond substituents is 3. The minimum atomic E-state index is 0. The summed E-state index contributed by atoms with van der Waals surface area (Å²) in [6, 6.07) is 26.1. The summed E-state index contributed by atoms with van der Waals surface area (Å²) in [6.45, 7) is 0. The van der Waals surface area contributed by atoms with E-state index >= 15 is 0 Å². The molecule has 0 saturated carbocycles. The normalized spacial score (nSPS) is 8.18. The molecule has 116 valence electrons. The molecule has 0 unspecified atom stereocenters. The van der Waals surface area contributed by atoms with E-state index in [0.717, 1.165) is 0 Å². The lowest BCUT2D eigenvalue weighted by molar-refractivity contribution is 0.475. The van der Waals surface area contributed by atoms with E-state index in [-0.39, 0.29) is 13.5 Å². The first-order valence-corrected chi connectivity index (χ1v) is 6.40. The van der Waals surface area contributed by atoms with Gasteiger partial charge in [-0.1, -0.05) is 54.6 Å². The molecule has 3 aromatic carbocycles. The molecule has 0 saturated heterocycles. The summed E-state index contributed by atoms with van der Waals surface area (Å²) in [7, 11) is 0. The number of para-hydroxylation sites is 3. The predicted molar refractivity (Wildman–Crippen MR) is 94.7 cm³/mol. The van der Waals surface area contributed by atoms with Crippen LogP contribution in [0.5, 0.6) is 17.2 Å². The fourth-order valence-electron chi connectivity index (χ4n) is 1.28. The maximum absolute atomic E-state index is 8.63. The summed E-state index contributed by atoms with van der Waals surface area (Å²) < 4.78 is 0. The summed E-state index contributed by atoms with van der Waals surface area (Å²) in [4.78, 5) is 0. The van der Waals surface area contributed by atoms with Crippen LogP contribution in [0.15, 0.2) is 91.0 Å². The van der Waals surface area contributed by atoms with Crippen LogP contribution < -0.4 is 0 Å². The zero-order valence-corrected chi connectivity index (χ0v) is 13.0. The van der Waals surface area contributed by atoms with Crippen molar-refractivity contribution in [3.63, 3.8) is 0 Å². The third-order valence-corrected chi connectivity index (χ3v) is 2.27. The van der Waals surface area contributed by atoms with E-state index in [0.29, 0.717) is 17.2 Å². The van der Waals surface area contributed by atoms with Gasteiger partial charge < -0.3 is 15.3 Å². The third kappa shape index (κ3) is 10.2. The van der Waals surface area contributed by atoms with Gasteiger partial charge in [-0.15, -0.1) is 0 Å². The molecule has 3 N–H and O–H groups in total. The van der Waals surface area contributed by atoms with Crippen molar-refractivity contribution in [2.24, 2.45) is 0 Å². The van der Waals surface area contributed by atoms with Crippen LogP contribution in [0.25, 0.3) is 0 Å². The first-order chi connectivity index (χ1) is 10.2. The standard InChI is InChI=1S/3C6H6O.H2S/c3*7-6-4-2-1-3-5-6;/h3*1-5,7H;1H2. The molecule has 0 aromatic heterocycles. The molecule has 0 spiro atoms. The highest BCUT2D eigenvalue weighted by atomic mass is 32.1. The summed E-state index contributed by atoms with van der Waals surface area (Å²) in [5.41, 5.74) is 0. The Kier molecular flexibility index (Phi) is 10.7. The average Bonchev–Trinajstić information content (AvgIpc) is 2.51. The quantitative estimate of drug-likeness (QED) is 0.580. The second-order valence-corrected chi connectivity index (χ2v) is 4.01. The average molecular weight is 316 g/mol. The Morgan fingerprint density at radius 3 is 0.636 bits per heavy atom. The molecule has 0 heterocycles. The molecule has 0 bridgehead atoms. The smallest absolute Gasteiger partial charge is 0.115 e. The van der Waals surface area contributed by atoms with E-state index < -0.39 is 0 Å². The second kappa shape index (κ2) is 12.2. The van der Waals surface area contributed by atoms with E-state index in [1.54, 1.807) is 72.8 Å². The van der Waals surface area contributed by atoms with Gasteiger partial charge in [0.2, 0.25) is 0 Å². The molecule has 0 radical (unpaired) electrons. The van der Waals surface area contributed by atoms with Gasteiger partial charge in [0.1, 0.15) is 17.2 Å². The molecule has 22 heavy (non-hydrogen) atoms. The van der Waals surface area contributed by atoms with Gasteiger partial charge in [-0.3, -0.25) is 0 Å². The lowest BCUT2D eigenvalue weighted by Crippen LogP contribution is -1.56. The summed E-state index contributed by atoms with van der Waals surface area (Å²) in [5, 5.41) is 25.9. The summed E-state index contributed by atoms with van der Waals surface area (Å²) in [6.07, 6.45) is 0. The molecule has 0 aliphatic heterocycles. The third-order valence-electron chi connectivity index (χ3n) is 2.27. The molecule has 4 heteroatoms. The number of aromatic hydroxyl groups is 3. The van der Waals surface area contributed by atoms with Crippen molar-refractivity contribution >= 4 is 13.5 Å². The van der Waals surface area contributed by atoms with Crippen LogP contribution in [0.4, 0.5) is 0 Å². The molecule has 0 atom stereocenters. The van der Waals surface area contributed by atoms with Crippen molar-refractivity contribution in [2.75, 3.05) is 0 Å². The van der Waals surface area contributed by atoms with Gasteiger partial charge in [0.25, 0.3) is 0 Å². The molecular formula is C18H20O3S. The Morgan fingerprint density at radius 2 is 0.545 bits per heavy atom. The number of hydrogen-bond donors (Lipinski definition) is 3. The predicted octanol–water partition coefficient (Wildman–Crippen LogP) is 4.29. The van der Waals surface area contributed by atoms with Crippen LogP contribution in [-0.4, -0.2) is 15.3 Å². The maximum Gasteiger partial charge on any atom is 0.115 e. The number of phenols is 3. The first kappa shape index (κ1) is 19.4. The van der Waals surface area contributed by atoms with Crippen LogP contribution in [0.3, 0.4) is 0 Å². The van der Waals surface area contributed by atoms with Crippen molar-refractivity contribution in [3.05, 3.63) is 91.0 Å². The van der Waals surface area contributed by atoms with Gasteiger partial charge >= 0.3 is 0 Å². The van der Waals surface area contributed by atoms with Crippen molar-refractivity contribution in [1.82, 2.24) is 0 Å². The van der Waals surface area contributed by atoms with Crippen molar-refractivity contribution in [2.45, 2.75) is 0 Å². The maximum atomic E-state index is 8.63. The fourth-order valence-corrected chi connectivity index (χ4v) is 1.28. The van der Waals surface area contributed by atoms with Crippen LogP contribution in [0.2, 0.25) is 0 Å². The Hall–Kier alpha value is -2.59. The van der Waals surface area contributed by atoms with Crippen LogP contribution in [0.1, 0.15) is 0 Å². The second-order valence-electron chi connectivity index (χ2n) is 4.01. The molecule has 0 fully saturated rings. The molecule has 3 aromatic rings. The van der Waals surface area contributed by atoms with Gasteiger partial charge in [-0.05, 0) is 36.4 Å². The number of hydrogen-bond acceptors (Lipinski definition) is 3. The molecule has 0 amide bonds. The Bertz CT molecular complexity index is 497. The highest BCUT2D eigenvalue weighted by Gasteiger charge is 1.76. The van der Waals surface area contributed by atoms with E-state index in [9.17, 15) is 0 Å². The highest BCUT2D eigenvalue weighted by molar-refractivity contribution is 7.59. The van der Waals surface area contributed by atoms with Crippen molar-refractivity contribution in [1.29, 1.82) is 0 Å². The lowest BCUT2D eigenvalue weighted by atomic mass is 10.3. The fraction of sp³-hybridized carbons (Fsp3) is 0. The van der Waals surface area contributed by atoms with Gasteiger partial charge in [0, 0.05) is 0 Å². The van der Waals surface area contributed by atoms with E-state index in [2.05, 4.69) is 0 Å². The monoisotopic (exact) mass is 316 g/mol. The number of benzene rings is 3. The van der Waals surface area contributed by atoms with Crippen molar-refractivity contribution in [3.8, 4) is 17.2 Å². The molecule has 0 aliphatic rings. The summed E-state index contributed by atoms with van der Waals surface area (Å²) in [5.74, 6) is 0.965. The van der Waals surface area contributed by atoms with E-state index in [1.807, 2.05) is 18.2 Å². The van der Waals surface area contributed by atoms with Crippen LogP contribution in [0, 0.1) is 0 Å². The van der Waals surface area contributed by atoms with Gasteiger partial charge in [-0.2, -0.15) is 13.5 Å². The molecular weight excluding hydrogens is 296 g/mol. The SMILES string of the molecule is Oc1ccccc1.Oc1ccccc1.Oc1ccccc1.S. The summed E-state index contributed by atoms with van der Waals surface area (Å²) >= 11 is 0. The Balaban J connectivity index is 0.000000294. The number of rotatable bonds is 0. The van der Waals surface area contributed by atoms with E-state index in [4.69, 9.17) is 15.3 Å². The highest BCUT2D eigenvalue weighted by Crippen LogP contribution is 2.04. The van der Waals surface area contributed by atoms with Gasteiger partial charge in [0.15, 0.2) is 0 Å². The van der Waals surface area contributed by atoms with E-state index in [1.165, 1.54) is 0 Å². The van der Waals surface area contributed by atoms with Crippen LogP contribution in [-0.2, 0) is 0 Å². The largest absolute Gasteiger partial charge is 0.508 e. The molecule has 3 rings (SSSR count). The Labute approximate surface area is 137 Å². The topological polar surface area (TPSA) is 60.7 Å². The minimum absolute atomic E-state index is 0. The lowest BCUT2D eigenvalue weighted by Gasteiger charge is -1.82.